The molecule has 0 bridgehead atoms. The van der Waals surface area contributed by atoms with E-state index < -0.39 is 86.7 Å². The SMILES string of the molecule is CC/C=C\C/C=C\C/C=C\C/C=C\C/C=C\CCCCCCCC(=O)OC(COCCCCCCCCCCCCCCCCCCCCC)COC1OC(COC2OC(CO)C(O)C(O)C2O)C(O)C(O)C1O. The summed E-state index contributed by atoms with van der Waals surface area (Å²) in [5.74, 6) is -0.393. The van der Waals surface area contributed by atoms with Crippen LogP contribution in [0.4, 0.5) is 0 Å². The molecule has 0 aromatic carbocycles. The molecule has 2 fully saturated rings. The summed E-state index contributed by atoms with van der Waals surface area (Å²) < 4.78 is 34.4. The highest BCUT2D eigenvalue weighted by molar-refractivity contribution is 5.69. The third-order valence-corrected chi connectivity index (χ3v) is 13.8. The van der Waals surface area contributed by atoms with Gasteiger partial charge in [-0.2, -0.15) is 0 Å². The lowest BCUT2D eigenvalue weighted by atomic mass is 9.98. The van der Waals surface area contributed by atoms with E-state index in [0.717, 1.165) is 83.5 Å². The summed E-state index contributed by atoms with van der Waals surface area (Å²) >= 11 is 0. The lowest BCUT2D eigenvalue weighted by molar-refractivity contribution is -0.332. The maximum Gasteiger partial charge on any atom is 0.306 e. The zero-order valence-corrected chi connectivity index (χ0v) is 46.1. The van der Waals surface area contributed by atoms with Crippen molar-refractivity contribution in [3.8, 4) is 0 Å². The minimum Gasteiger partial charge on any atom is -0.457 e. The Morgan fingerprint density at radius 1 is 0.459 bits per heavy atom. The van der Waals surface area contributed by atoms with Crippen molar-refractivity contribution in [1.82, 2.24) is 0 Å². The lowest BCUT2D eigenvalue weighted by Gasteiger charge is -2.42. The molecule has 74 heavy (non-hydrogen) atoms. The van der Waals surface area contributed by atoms with E-state index in [0.29, 0.717) is 13.0 Å². The van der Waals surface area contributed by atoms with Crippen molar-refractivity contribution in [2.24, 2.45) is 0 Å². The molecule has 2 aliphatic heterocycles. The molecule has 0 amide bonds. The van der Waals surface area contributed by atoms with E-state index in [1.54, 1.807) is 0 Å². The topological polar surface area (TPSA) is 214 Å². The Bertz CT molecular complexity index is 1450. The summed E-state index contributed by atoms with van der Waals surface area (Å²) in [5, 5.41) is 72.4. The first kappa shape index (κ1) is 67.8. The van der Waals surface area contributed by atoms with Gasteiger partial charge in [-0.3, -0.25) is 4.79 Å². The number of carbonyl (C=O) groups is 1. The maximum atomic E-state index is 13.1. The van der Waals surface area contributed by atoms with Crippen molar-refractivity contribution < 1.29 is 69.0 Å². The predicted octanol–water partition coefficient (Wildman–Crippen LogP) is 10.5. The van der Waals surface area contributed by atoms with Crippen LogP contribution >= 0.6 is 0 Å². The molecule has 2 rings (SSSR count). The van der Waals surface area contributed by atoms with Gasteiger partial charge in [-0.05, 0) is 57.8 Å². The van der Waals surface area contributed by atoms with Gasteiger partial charge in [0.05, 0.1) is 26.4 Å². The van der Waals surface area contributed by atoms with Gasteiger partial charge in [0.2, 0.25) is 0 Å². The third-order valence-electron chi connectivity index (χ3n) is 13.8. The Morgan fingerprint density at radius 2 is 0.878 bits per heavy atom. The van der Waals surface area contributed by atoms with E-state index >= 15 is 0 Å². The number of unbranched alkanes of at least 4 members (excludes halogenated alkanes) is 23. The first-order valence-electron chi connectivity index (χ1n) is 29.4. The number of ether oxygens (including phenoxy) is 6. The Hall–Kier alpha value is -2.31. The van der Waals surface area contributed by atoms with Crippen LogP contribution in [0.25, 0.3) is 0 Å². The summed E-state index contributed by atoms with van der Waals surface area (Å²) in [7, 11) is 0. The number of hydrogen-bond donors (Lipinski definition) is 7. The van der Waals surface area contributed by atoms with Gasteiger partial charge in [0, 0.05) is 13.0 Å². The van der Waals surface area contributed by atoms with Crippen LogP contribution in [-0.2, 0) is 33.2 Å². The van der Waals surface area contributed by atoms with Gasteiger partial charge in [-0.25, -0.2) is 0 Å². The van der Waals surface area contributed by atoms with E-state index in [1.165, 1.54) is 103 Å². The molecule has 0 aromatic rings. The molecule has 11 unspecified atom stereocenters. The number of rotatable bonds is 47. The molecular weight excluding hydrogens is 945 g/mol. The third kappa shape index (κ3) is 33.1. The molecule has 11 atom stereocenters. The first-order chi connectivity index (χ1) is 36.1. The van der Waals surface area contributed by atoms with Crippen molar-refractivity contribution in [3.05, 3.63) is 60.8 Å². The standard InChI is InChI=1S/C60H106O14/c1-3-5-7-9-11-13-15-17-19-21-23-24-25-27-29-31-33-35-37-39-41-43-52(62)72-49(46-69-44-42-40-38-36-34-32-30-28-26-22-20-18-16-14-12-10-8-6-4-2)47-70-59-58(68)56(66)54(64)51(74-59)48-71-60-57(67)55(65)53(63)50(45-61)73-60/h5,7,11,13,17,19,23-24,27,29,49-51,53-61,63-68H,3-4,6,8-10,12,14-16,18,20-22,25-26,28,30-48H2,1-2H3/b7-5-,13-11-,19-17-,24-23-,29-27-. The Morgan fingerprint density at radius 3 is 1.38 bits per heavy atom. The second-order valence-corrected chi connectivity index (χ2v) is 20.4. The van der Waals surface area contributed by atoms with E-state index in [9.17, 15) is 40.5 Å². The highest BCUT2D eigenvalue weighted by Gasteiger charge is 2.47. The van der Waals surface area contributed by atoms with E-state index in [-0.39, 0.29) is 19.6 Å². The van der Waals surface area contributed by atoms with Gasteiger partial charge in [0.25, 0.3) is 0 Å². The Balaban J connectivity index is 1.73. The number of aliphatic hydroxyl groups is 7. The fraction of sp³-hybridized carbons (Fsp3) is 0.817. The van der Waals surface area contributed by atoms with Crippen molar-refractivity contribution in [2.45, 2.75) is 280 Å². The van der Waals surface area contributed by atoms with Crippen LogP contribution in [0.1, 0.15) is 213 Å². The highest BCUT2D eigenvalue weighted by atomic mass is 16.7. The predicted molar refractivity (Wildman–Crippen MR) is 293 cm³/mol. The minimum atomic E-state index is -1.71. The van der Waals surface area contributed by atoms with Gasteiger partial charge < -0.3 is 64.2 Å². The summed E-state index contributed by atoms with van der Waals surface area (Å²) in [6, 6.07) is 0. The number of hydrogen-bond acceptors (Lipinski definition) is 14. The molecule has 0 aromatic heterocycles. The molecule has 14 heteroatoms. The number of esters is 1. The second kappa shape index (κ2) is 46.8. The largest absolute Gasteiger partial charge is 0.457 e. The highest BCUT2D eigenvalue weighted by Crippen LogP contribution is 2.27. The van der Waals surface area contributed by atoms with Crippen molar-refractivity contribution in [1.29, 1.82) is 0 Å². The summed E-state index contributed by atoms with van der Waals surface area (Å²) in [6.07, 6.45) is 41.3. The van der Waals surface area contributed by atoms with Crippen molar-refractivity contribution in [3.63, 3.8) is 0 Å². The zero-order chi connectivity index (χ0) is 53.7. The van der Waals surface area contributed by atoms with Crippen molar-refractivity contribution >= 4 is 5.97 Å². The molecule has 430 valence electrons. The molecule has 2 heterocycles. The average Bonchev–Trinajstić information content (AvgIpc) is 3.40. The Kier molecular flexibility index (Phi) is 42.8. The van der Waals surface area contributed by atoms with Crippen LogP contribution in [0.5, 0.6) is 0 Å². The quantitative estimate of drug-likeness (QED) is 0.0172. The monoisotopic (exact) mass is 1050 g/mol. The van der Waals surface area contributed by atoms with Crippen LogP contribution < -0.4 is 0 Å². The maximum absolute atomic E-state index is 13.1. The van der Waals surface area contributed by atoms with Crippen LogP contribution in [0.2, 0.25) is 0 Å². The molecule has 0 aliphatic carbocycles. The zero-order valence-electron chi connectivity index (χ0n) is 46.1. The van der Waals surface area contributed by atoms with Crippen molar-refractivity contribution in [2.75, 3.05) is 33.0 Å². The van der Waals surface area contributed by atoms with Gasteiger partial charge in [0.1, 0.15) is 54.9 Å². The van der Waals surface area contributed by atoms with Gasteiger partial charge >= 0.3 is 5.97 Å². The summed E-state index contributed by atoms with van der Waals surface area (Å²) in [4.78, 5) is 13.1. The molecule has 2 aliphatic rings. The summed E-state index contributed by atoms with van der Waals surface area (Å²) in [5.41, 5.74) is 0. The normalized spacial score (nSPS) is 25.2. The van der Waals surface area contributed by atoms with E-state index in [1.807, 2.05) is 0 Å². The molecule has 2 saturated heterocycles. The fourth-order valence-corrected chi connectivity index (χ4v) is 9.08. The van der Waals surface area contributed by atoms with Gasteiger partial charge in [-0.1, -0.05) is 209 Å². The first-order valence-corrected chi connectivity index (χ1v) is 29.4. The van der Waals surface area contributed by atoms with Crippen LogP contribution in [-0.4, -0.2) is 142 Å². The molecule has 14 nitrogen and oxygen atoms in total. The summed E-state index contributed by atoms with van der Waals surface area (Å²) in [6.45, 7) is 3.58. The van der Waals surface area contributed by atoms with E-state index in [4.69, 9.17) is 28.4 Å². The molecule has 0 saturated carbocycles. The van der Waals surface area contributed by atoms with Crippen LogP contribution in [0, 0.1) is 0 Å². The number of allylic oxidation sites excluding steroid dienone is 10. The smallest absolute Gasteiger partial charge is 0.306 e. The molecule has 0 radical (unpaired) electrons. The van der Waals surface area contributed by atoms with Crippen LogP contribution in [0.15, 0.2) is 60.8 Å². The number of aliphatic hydroxyl groups excluding tert-OH is 7. The Labute approximate surface area is 447 Å². The lowest BCUT2D eigenvalue weighted by Crippen LogP contribution is -2.61. The van der Waals surface area contributed by atoms with Gasteiger partial charge in [0.15, 0.2) is 12.6 Å². The fourth-order valence-electron chi connectivity index (χ4n) is 9.08. The molecular formula is C60H106O14. The van der Waals surface area contributed by atoms with Gasteiger partial charge in [-0.15, -0.1) is 0 Å². The second-order valence-electron chi connectivity index (χ2n) is 20.4. The average molecular weight is 1050 g/mol. The molecule has 7 N–H and O–H groups in total. The number of carbonyl (C=O) groups excluding carboxylic acids is 1. The molecule has 0 spiro atoms. The minimum absolute atomic E-state index is 0.0538. The van der Waals surface area contributed by atoms with Crippen LogP contribution in [0.3, 0.4) is 0 Å². The van der Waals surface area contributed by atoms with E-state index in [2.05, 4.69) is 74.6 Å².